The van der Waals surface area contributed by atoms with Crippen LogP contribution in [0.15, 0.2) is 97.2 Å². The fourth-order valence-corrected chi connectivity index (χ4v) is 10.6. The number of hydrogen-bond acceptors (Lipinski definition) is 11. The van der Waals surface area contributed by atoms with E-state index in [4.69, 9.17) is 21.6 Å². The SMILES string of the molecule is COc1ccccc1-c1ccc(C[C@@H](C(=O)N[C@@H](CCCCNC(=N)N)C(=O)NCC(=O)Nc2ccc(N3CCNCC3)cc2)C([SiH3])NC(=O)[C@H](Cc2c[nH]c3ccc(O)cc23)NC(=O)[C@H]2CCC[C@H](N)C2)cc1. The molecule has 2 aliphatic rings. The molecule has 0 spiro atoms. The molecule has 1 aromatic heterocycles. The van der Waals surface area contributed by atoms with Gasteiger partial charge in [-0.15, -0.1) is 0 Å². The second-order valence-corrected chi connectivity index (χ2v) is 20.6. The van der Waals surface area contributed by atoms with Crippen molar-refractivity contribution in [1.29, 1.82) is 5.41 Å². The molecule has 394 valence electrons. The number of hydrogen-bond donors (Lipinski definition) is 12. The summed E-state index contributed by atoms with van der Waals surface area (Å²) in [7, 11) is 1.89. The van der Waals surface area contributed by atoms with Gasteiger partial charge in [0, 0.05) is 101 Å². The molecular formula is C54H72N12O7Si. The molecule has 19 nitrogen and oxygen atoms in total. The molecule has 6 atom stereocenters. The Morgan fingerprint density at radius 1 is 0.865 bits per heavy atom. The number of benzene rings is 4. The van der Waals surface area contributed by atoms with Gasteiger partial charge in [0.1, 0.15) is 23.6 Å². The third-order valence-electron chi connectivity index (χ3n) is 14.0. The summed E-state index contributed by atoms with van der Waals surface area (Å²) >= 11 is 0. The molecule has 0 bridgehead atoms. The van der Waals surface area contributed by atoms with Gasteiger partial charge in [-0.05, 0) is 110 Å². The number of ether oxygens (including phenoxy) is 1. The van der Waals surface area contributed by atoms with Crippen LogP contribution in [0.5, 0.6) is 11.5 Å². The lowest BCUT2D eigenvalue weighted by molar-refractivity contribution is -0.133. The monoisotopic (exact) mass is 1030 g/mol. The summed E-state index contributed by atoms with van der Waals surface area (Å²) in [6, 6.07) is 25.6. The number of para-hydroxylation sites is 1. The minimum atomic E-state index is -1.07. The molecule has 5 aromatic rings. The number of phenols is 1. The van der Waals surface area contributed by atoms with Gasteiger partial charge < -0.3 is 68.4 Å². The fraction of sp³-hybridized carbons (Fsp3) is 0.407. The van der Waals surface area contributed by atoms with Crippen molar-refractivity contribution in [2.45, 2.75) is 81.6 Å². The van der Waals surface area contributed by atoms with Crippen LogP contribution in [0.4, 0.5) is 11.4 Å². The number of anilines is 2. The molecule has 1 saturated carbocycles. The van der Waals surface area contributed by atoms with E-state index in [1.165, 1.54) is 0 Å². The molecule has 14 N–H and O–H groups in total. The van der Waals surface area contributed by atoms with E-state index in [0.29, 0.717) is 54.6 Å². The van der Waals surface area contributed by atoms with Gasteiger partial charge in [0.15, 0.2) is 5.96 Å². The zero-order chi connectivity index (χ0) is 52.6. The first-order chi connectivity index (χ1) is 35.7. The van der Waals surface area contributed by atoms with Crippen molar-refractivity contribution in [1.82, 2.24) is 36.9 Å². The number of unbranched alkanes of at least 4 members (excludes halogenated alkanes) is 1. The van der Waals surface area contributed by atoms with Gasteiger partial charge in [0.05, 0.1) is 19.6 Å². The summed E-state index contributed by atoms with van der Waals surface area (Å²) in [6.07, 6.45) is 5.97. The number of aromatic nitrogens is 1. The van der Waals surface area contributed by atoms with Gasteiger partial charge in [-0.2, -0.15) is 0 Å². The van der Waals surface area contributed by atoms with Crippen LogP contribution in [-0.4, -0.2) is 126 Å². The van der Waals surface area contributed by atoms with E-state index < -0.39 is 47.3 Å². The highest BCUT2D eigenvalue weighted by molar-refractivity contribution is 6.15. The number of aromatic hydroxyl groups is 1. The quantitative estimate of drug-likeness (QED) is 0.0194. The topological polar surface area (TPSA) is 294 Å². The van der Waals surface area contributed by atoms with Crippen LogP contribution >= 0.6 is 0 Å². The number of aromatic amines is 1. The Bertz CT molecular complexity index is 2710. The van der Waals surface area contributed by atoms with Crippen molar-refractivity contribution in [2.24, 2.45) is 23.3 Å². The number of H-pyrrole nitrogens is 1. The lowest BCUT2D eigenvalue weighted by Gasteiger charge is -2.30. The van der Waals surface area contributed by atoms with Crippen molar-refractivity contribution in [3.63, 3.8) is 0 Å². The number of piperazine rings is 1. The number of amides is 5. The molecular weight excluding hydrogens is 957 g/mol. The average molecular weight is 1030 g/mol. The molecule has 2 heterocycles. The van der Waals surface area contributed by atoms with Crippen LogP contribution in [0.25, 0.3) is 22.0 Å². The molecule has 7 rings (SSSR count). The minimum absolute atomic E-state index is 0.0547. The number of nitrogens with zero attached hydrogens (tertiary/aromatic N) is 1. The summed E-state index contributed by atoms with van der Waals surface area (Å²) in [4.78, 5) is 76.2. The highest BCUT2D eigenvalue weighted by Gasteiger charge is 2.34. The number of rotatable bonds is 23. The Balaban J connectivity index is 1.11. The van der Waals surface area contributed by atoms with Crippen molar-refractivity contribution >= 4 is 68.0 Å². The molecule has 74 heavy (non-hydrogen) atoms. The number of fused-ring (bicyclic) bond motifs is 1. The Hall–Kier alpha value is -7.42. The Morgan fingerprint density at radius 2 is 1.62 bits per heavy atom. The average Bonchev–Trinajstić information content (AvgIpc) is 3.80. The number of nitrogens with one attached hydrogen (secondary N) is 9. The minimum Gasteiger partial charge on any atom is -0.508 e. The molecule has 2 fully saturated rings. The van der Waals surface area contributed by atoms with Crippen LogP contribution in [0, 0.1) is 17.2 Å². The first kappa shape index (κ1) is 54.4. The van der Waals surface area contributed by atoms with Gasteiger partial charge in [-0.25, -0.2) is 0 Å². The van der Waals surface area contributed by atoms with Crippen LogP contribution in [-0.2, 0) is 36.8 Å². The highest BCUT2D eigenvalue weighted by atomic mass is 28.1. The maximum atomic E-state index is 14.9. The number of phenolic OH excluding ortho intramolecular Hbond substituents is 1. The van der Waals surface area contributed by atoms with Crippen molar-refractivity contribution in [3.8, 4) is 22.6 Å². The highest BCUT2D eigenvalue weighted by Crippen LogP contribution is 2.31. The first-order valence-electron chi connectivity index (χ1n) is 25.6. The molecule has 0 radical (unpaired) electrons. The van der Waals surface area contributed by atoms with Crippen LogP contribution in [0.1, 0.15) is 56.1 Å². The second-order valence-electron chi connectivity index (χ2n) is 19.4. The smallest absolute Gasteiger partial charge is 0.243 e. The number of guanidine groups is 1. The lowest BCUT2D eigenvalue weighted by atomic mass is 9.85. The summed E-state index contributed by atoms with van der Waals surface area (Å²) in [6.45, 7) is 3.58. The van der Waals surface area contributed by atoms with Crippen molar-refractivity contribution < 1.29 is 33.8 Å². The Morgan fingerprint density at radius 3 is 2.35 bits per heavy atom. The fourth-order valence-electron chi connectivity index (χ4n) is 9.82. The molecule has 20 heteroatoms. The third-order valence-corrected chi connectivity index (χ3v) is 15.0. The predicted octanol–water partition coefficient (Wildman–Crippen LogP) is 2.06. The molecule has 1 aliphatic carbocycles. The van der Waals surface area contributed by atoms with Crippen molar-refractivity contribution in [2.75, 3.05) is 56.6 Å². The van der Waals surface area contributed by atoms with Gasteiger partial charge in [-0.3, -0.25) is 29.4 Å². The maximum Gasteiger partial charge on any atom is 0.243 e. The van der Waals surface area contributed by atoms with Crippen LogP contribution < -0.4 is 58.3 Å². The molecule has 4 aromatic carbocycles. The zero-order valence-electron chi connectivity index (χ0n) is 42.3. The number of carbonyl (C=O) groups is 5. The Labute approximate surface area is 435 Å². The van der Waals surface area contributed by atoms with E-state index in [1.54, 1.807) is 31.5 Å². The van der Waals surface area contributed by atoms with Gasteiger partial charge in [0.2, 0.25) is 29.5 Å². The van der Waals surface area contributed by atoms with E-state index in [-0.39, 0.29) is 65.6 Å². The largest absolute Gasteiger partial charge is 0.508 e. The summed E-state index contributed by atoms with van der Waals surface area (Å²) in [5.41, 5.74) is 16.7. The summed E-state index contributed by atoms with van der Waals surface area (Å²) in [5.74, 6) is -2.94. The molecule has 1 saturated heterocycles. The Kier molecular flexibility index (Phi) is 19.5. The van der Waals surface area contributed by atoms with Gasteiger partial charge in [-0.1, -0.05) is 48.9 Å². The number of methoxy groups -OCH3 is 1. The normalized spacial score (nSPS) is 17.2. The zero-order valence-corrected chi connectivity index (χ0v) is 44.3. The van der Waals surface area contributed by atoms with Crippen LogP contribution in [0.3, 0.4) is 0 Å². The van der Waals surface area contributed by atoms with Gasteiger partial charge in [0.25, 0.3) is 0 Å². The maximum absolute atomic E-state index is 14.9. The van der Waals surface area contributed by atoms with E-state index in [1.807, 2.05) is 72.8 Å². The summed E-state index contributed by atoms with van der Waals surface area (Å²) in [5, 5.41) is 39.4. The van der Waals surface area contributed by atoms with E-state index in [0.717, 1.165) is 66.9 Å². The van der Waals surface area contributed by atoms with Crippen LogP contribution in [0.2, 0.25) is 0 Å². The number of carbonyl (C=O) groups excluding carboxylic acids is 5. The second kappa shape index (κ2) is 26.5. The standard InChI is InChI=1S/C54H72N12O7Si/c1-73-47-11-3-2-9-41(47)34-14-12-33(13-15-34)27-43(53(74)65-52(72)46(64-49(69)35-7-6-8-37(55)28-35)29-36-31-60-44-21-20-40(67)30-42(36)44)50(70)63-45(10-4-5-22-59-54(56)57)51(71)61-32-48(68)62-38-16-18-39(19-17-38)66-25-23-58-24-26-66/h2-3,9,11-21,30-31,35,37,43,45-46,53,58,60,67H,4-8,10,22-29,32,55H2,1,74H3,(H,61,71)(H,62,68)(H,63,70)(H,64,69)(H,65,72)(H4,56,57,59)/t35-,37-,43-,45-,46-,53?/m0/s1. The molecule has 5 amide bonds. The third kappa shape index (κ3) is 15.3. The van der Waals surface area contributed by atoms with Crippen molar-refractivity contribution in [3.05, 3.63) is 108 Å². The lowest BCUT2D eigenvalue weighted by Crippen LogP contribution is -2.57. The first-order valence-corrected chi connectivity index (χ1v) is 26.8. The summed E-state index contributed by atoms with van der Waals surface area (Å²) < 4.78 is 5.61. The van der Waals surface area contributed by atoms with E-state index in [9.17, 15) is 29.1 Å². The van der Waals surface area contributed by atoms with E-state index in [2.05, 4.69) is 47.1 Å². The van der Waals surface area contributed by atoms with E-state index >= 15 is 0 Å². The van der Waals surface area contributed by atoms with Gasteiger partial charge >= 0.3 is 0 Å². The number of nitrogens with two attached hydrogens (primary N) is 2. The molecule has 1 unspecified atom stereocenters. The predicted molar refractivity (Wildman–Crippen MR) is 292 cm³/mol. The molecule has 1 aliphatic heterocycles.